The summed E-state index contributed by atoms with van der Waals surface area (Å²) < 4.78 is 10.6. The molecule has 4 nitrogen and oxygen atoms in total. The number of hydrogen-bond acceptors (Lipinski definition) is 3. The third-order valence-corrected chi connectivity index (χ3v) is 4.48. The first kappa shape index (κ1) is 16.7. The molecule has 0 saturated carbocycles. The Morgan fingerprint density at radius 1 is 1.23 bits per heavy atom. The Balaban J connectivity index is 2.16. The minimum absolute atomic E-state index is 0.0470. The first-order chi connectivity index (χ1) is 10.5. The van der Waals surface area contributed by atoms with Gasteiger partial charge in [0.25, 0.3) is 0 Å². The van der Waals surface area contributed by atoms with Gasteiger partial charge in [0.1, 0.15) is 0 Å². The fourth-order valence-electron chi connectivity index (χ4n) is 3.27. The van der Waals surface area contributed by atoms with Gasteiger partial charge in [-0.2, -0.15) is 0 Å². The van der Waals surface area contributed by atoms with Crippen LogP contribution in [0.3, 0.4) is 0 Å². The molecule has 1 fully saturated rings. The van der Waals surface area contributed by atoms with E-state index in [4.69, 9.17) is 9.47 Å². The van der Waals surface area contributed by atoms with Crippen LogP contribution in [-0.4, -0.2) is 20.1 Å². The van der Waals surface area contributed by atoms with Crippen LogP contribution in [-0.2, 0) is 4.79 Å². The van der Waals surface area contributed by atoms with Crippen molar-refractivity contribution >= 4 is 5.91 Å². The number of hydrogen-bond donors (Lipinski definition) is 1. The van der Waals surface area contributed by atoms with Crippen molar-refractivity contribution in [3.05, 3.63) is 23.8 Å². The zero-order chi connectivity index (χ0) is 16.3. The maximum atomic E-state index is 12.4. The maximum Gasteiger partial charge on any atom is 0.223 e. The van der Waals surface area contributed by atoms with Gasteiger partial charge in [-0.25, -0.2) is 0 Å². The molecule has 2 rings (SSSR count). The van der Waals surface area contributed by atoms with Crippen molar-refractivity contribution in [2.75, 3.05) is 14.2 Å². The van der Waals surface area contributed by atoms with Gasteiger partial charge in [-0.3, -0.25) is 4.79 Å². The monoisotopic (exact) mass is 305 g/mol. The second-order valence-corrected chi connectivity index (χ2v) is 6.62. The topological polar surface area (TPSA) is 47.6 Å². The predicted molar refractivity (Wildman–Crippen MR) is 87.2 cm³/mol. The van der Waals surface area contributed by atoms with Crippen LogP contribution in [0, 0.1) is 17.8 Å². The molecular weight excluding hydrogens is 278 g/mol. The molecule has 1 saturated heterocycles. The van der Waals surface area contributed by atoms with Gasteiger partial charge in [-0.05, 0) is 42.4 Å². The first-order valence-corrected chi connectivity index (χ1v) is 7.98. The fraction of sp³-hybridized carbons (Fsp3) is 0.611. The Kier molecular flexibility index (Phi) is 5.33. The lowest BCUT2D eigenvalue weighted by molar-refractivity contribution is -0.130. The smallest absolute Gasteiger partial charge is 0.223 e. The minimum atomic E-state index is 0.0470. The van der Waals surface area contributed by atoms with E-state index in [0.29, 0.717) is 23.3 Å². The molecule has 3 atom stereocenters. The zero-order valence-electron chi connectivity index (χ0n) is 14.2. The number of carbonyl (C=O) groups is 1. The molecule has 0 spiro atoms. The Morgan fingerprint density at radius 3 is 2.45 bits per heavy atom. The molecule has 22 heavy (non-hydrogen) atoms. The minimum Gasteiger partial charge on any atom is -0.493 e. The third-order valence-electron chi connectivity index (χ3n) is 4.48. The SMILES string of the molecule is COc1ccc(C2CC(C)C(CC(C)C)C(=O)N2)cc1OC. The summed E-state index contributed by atoms with van der Waals surface area (Å²) >= 11 is 0. The van der Waals surface area contributed by atoms with Gasteiger partial charge in [0.15, 0.2) is 11.5 Å². The van der Waals surface area contributed by atoms with E-state index in [0.717, 1.165) is 18.4 Å². The van der Waals surface area contributed by atoms with Crippen LogP contribution in [0.5, 0.6) is 11.5 Å². The van der Waals surface area contributed by atoms with Crippen LogP contribution in [0.25, 0.3) is 0 Å². The van der Waals surface area contributed by atoms with Crippen molar-refractivity contribution in [3.8, 4) is 11.5 Å². The summed E-state index contributed by atoms with van der Waals surface area (Å²) in [6.45, 7) is 6.51. The number of piperidine rings is 1. The Morgan fingerprint density at radius 2 is 1.91 bits per heavy atom. The number of methoxy groups -OCH3 is 2. The molecule has 1 aliphatic heterocycles. The lowest BCUT2D eigenvalue weighted by Crippen LogP contribution is -2.43. The van der Waals surface area contributed by atoms with Gasteiger partial charge in [0, 0.05) is 5.92 Å². The van der Waals surface area contributed by atoms with Gasteiger partial charge < -0.3 is 14.8 Å². The molecular formula is C18H27NO3. The van der Waals surface area contributed by atoms with Crippen LogP contribution in [0.15, 0.2) is 18.2 Å². The van der Waals surface area contributed by atoms with Crippen molar-refractivity contribution in [1.82, 2.24) is 5.32 Å². The quantitative estimate of drug-likeness (QED) is 0.904. The Labute approximate surface area is 133 Å². The molecule has 1 aliphatic rings. The van der Waals surface area contributed by atoms with Gasteiger partial charge >= 0.3 is 0 Å². The molecule has 1 aromatic carbocycles. The highest BCUT2D eigenvalue weighted by molar-refractivity contribution is 5.80. The Hall–Kier alpha value is -1.71. The lowest BCUT2D eigenvalue weighted by Gasteiger charge is -2.35. The summed E-state index contributed by atoms with van der Waals surface area (Å²) in [6, 6.07) is 5.90. The van der Waals surface area contributed by atoms with Gasteiger partial charge in [0.2, 0.25) is 5.91 Å². The van der Waals surface area contributed by atoms with Crippen molar-refractivity contribution in [2.24, 2.45) is 17.8 Å². The fourth-order valence-corrected chi connectivity index (χ4v) is 3.27. The Bertz CT molecular complexity index is 527. The average molecular weight is 305 g/mol. The predicted octanol–water partition coefficient (Wildman–Crippen LogP) is 3.56. The number of rotatable bonds is 5. The highest BCUT2D eigenvalue weighted by Crippen LogP contribution is 2.37. The summed E-state index contributed by atoms with van der Waals surface area (Å²) in [5.74, 6) is 2.62. The maximum absolute atomic E-state index is 12.4. The van der Waals surface area contributed by atoms with Crippen LogP contribution < -0.4 is 14.8 Å². The molecule has 3 unspecified atom stereocenters. The second-order valence-electron chi connectivity index (χ2n) is 6.62. The third kappa shape index (κ3) is 3.54. The summed E-state index contributed by atoms with van der Waals surface area (Å²) in [5.41, 5.74) is 1.07. The van der Waals surface area contributed by atoms with E-state index in [2.05, 4.69) is 26.1 Å². The van der Waals surface area contributed by atoms with E-state index < -0.39 is 0 Å². The van der Waals surface area contributed by atoms with E-state index in [1.807, 2.05) is 18.2 Å². The van der Waals surface area contributed by atoms with E-state index in [1.165, 1.54) is 0 Å². The van der Waals surface area contributed by atoms with Crippen molar-refractivity contribution < 1.29 is 14.3 Å². The van der Waals surface area contributed by atoms with Gasteiger partial charge in [-0.1, -0.05) is 26.8 Å². The highest BCUT2D eigenvalue weighted by atomic mass is 16.5. The summed E-state index contributed by atoms with van der Waals surface area (Å²) in [4.78, 5) is 12.4. The van der Waals surface area contributed by atoms with Gasteiger partial charge in [0.05, 0.1) is 20.3 Å². The number of ether oxygens (including phenoxy) is 2. The molecule has 0 radical (unpaired) electrons. The van der Waals surface area contributed by atoms with E-state index >= 15 is 0 Å². The normalized spacial score (nSPS) is 25.0. The average Bonchev–Trinajstić information content (AvgIpc) is 2.49. The van der Waals surface area contributed by atoms with Crippen molar-refractivity contribution in [3.63, 3.8) is 0 Å². The summed E-state index contributed by atoms with van der Waals surface area (Å²) in [7, 11) is 3.25. The molecule has 1 aromatic rings. The van der Waals surface area contributed by atoms with Crippen LogP contribution in [0.4, 0.5) is 0 Å². The highest BCUT2D eigenvalue weighted by Gasteiger charge is 2.34. The van der Waals surface area contributed by atoms with Crippen LogP contribution in [0.1, 0.15) is 45.2 Å². The standard InChI is InChI=1S/C18H27NO3/c1-11(2)8-14-12(3)9-15(19-18(14)20)13-6-7-16(21-4)17(10-13)22-5/h6-7,10-12,14-15H,8-9H2,1-5H3,(H,19,20). The molecule has 122 valence electrons. The number of amides is 1. The zero-order valence-corrected chi connectivity index (χ0v) is 14.2. The van der Waals surface area contributed by atoms with E-state index in [9.17, 15) is 4.79 Å². The van der Waals surface area contributed by atoms with Crippen molar-refractivity contribution in [2.45, 2.75) is 39.7 Å². The van der Waals surface area contributed by atoms with E-state index in [1.54, 1.807) is 14.2 Å². The molecule has 1 heterocycles. The second kappa shape index (κ2) is 7.03. The molecule has 0 aromatic heterocycles. The first-order valence-electron chi connectivity index (χ1n) is 7.98. The number of carbonyl (C=O) groups excluding carboxylic acids is 1. The molecule has 4 heteroatoms. The largest absolute Gasteiger partial charge is 0.493 e. The van der Waals surface area contributed by atoms with Gasteiger partial charge in [-0.15, -0.1) is 0 Å². The van der Waals surface area contributed by atoms with Crippen molar-refractivity contribution in [1.29, 1.82) is 0 Å². The number of nitrogens with one attached hydrogen (secondary N) is 1. The molecule has 0 bridgehead atoms. The lowest BCUT2D eigenvalue weighted by atomic mass is 9.78. The molecule has 1 N–H and O–H groups in total. The van der Waals surface area contributed by atoms with Crippen LogP contribution in [0.2, 0.25) is 0 Å². The molecule has 0 aliphatic carbocycles. The van der Waals surface area contributed by atoms with E-state index in [-0.39, 0.29) is 17.9 Å². The molecule has 1 amide bonds. The summed E-state index contributed by atoms with van der Waals surface area (Å²) in [5, 5.41) is 3.17. The summed E-state index contributed by atoms with van der Waals surface area (Å²) in [6.07, 6.45) is 1.91. The number of benzene rings is 1. The van der Waals surface area contributed by atoms with Crippen LogP contribution >= 0.6 is 0 Å².